The maximum absolute atomic E-state index is 12.6. The first-order valence-corrected chi connectivity index (χ1v) is 7.44. The Morgan fingerprint density at radius 1 is 1.24 bits per heavy atom. The highest BCUT2D eigenvalue weighted by atomic mass is 32.2. The topological polar surface area (TPSA) is 49.4 Å². The zero-order chi connectivity index (χ0) is 11.9. The van der Waals surface area contributed by atoms with Gasteiger partial charge < -0.3 is 5.32 Å². The minimum atomic E-state index is -3.29. The van der Waals surface area contributed by atoms with Gasteiger partial charge in [0.15, 0.2) is 0 Å². The smallest absolute Gasteiger partial charge is 0.243 e. The van der Waals surface area contributed by atoms with Crippen LogP contribution in [0.25, 0.3) is 0 Å². The molecule has 1 aliphatic heterocycles. The summed E-state index contributed by atoms with van der Waals surface area (Å²) in [4.78, 5) is 0.471. The Kier molecular flexibility index (Phi) is 2.69. The van der Waals surface area contributed by atoms with Crippen molar-refractivity contribution in [1.29, 1.82) is 0 Å². The molecular weight excluding hydrogens is 236 g/mol. The lowest BCUT2D eigenvalue weighted by atomic mass is 10.2. The maximum atomic E-state index is 12.6. The van der Waals surface area contributed by atoms with Gasteiger partial charge in [0, 0.05) is 25.7 Å². The Morgan fingerprint density at radius 3 is 2.76 bits per heavy atom. The zero-order valence-corrected chi connectivity index (χ0v) is 10.4. The van der Waals surface area contributed by atoms with Gasteiger partial charge in [-0.2, -0.15) is 4.31 Å². The van der Waals surface area contributed by atoms with Crippen LogP contribution in [0.5, 0.6) is 0 Å². The normalized spacial score (nSPS) is 24.7. The molecule has 0 spiro atoms. The fraction of sp³-hybridized carbons (Fsp3) is 0.500. The summed E-state index contributed by atoms with van der Waals surface area (Å²) >= 11 is 0. The number of sulfonamides is 1. The Labute approximate surface area is 102 Å². The van der Waals surface area contributed by atoms with Crippen LogP contribution in [0.4, 0.5) is 0 Å². The summed E-state index contributed by atoms with van der Waals surface area (Å²) in [7, 11) is -3.29. The summed E-state index contributed by atoms with van der Waals surface area (Å²) in [6.07, 6.45) is 2.00. The first-order chi connectivity index (χ1) is 8.19. The molecule has 0 atom stereocenters. The predicted octanol–water partition coefficient (Wildman–Crippen LogP) is 0.943. The molecule has 1 aromatic carbocycles. The summed E-state index contributed by atoms with van der Waals surface area (Å²) in [5.41, 5.74) is 0.873. The highest BCUT2D eigenvalue weighted by molar-refractivity contribution is 7.89. The fourth-order valence-corrected chi connectivity index (χ4v) is 4.21. The van der Waals surface area contributed by atoms with E-state index in [9.17, 15) is 8.42 Å². The van der Waals surface area contributed by atoms with E-state index in [1.807, 2.05) is 12.1 Å². The van der Waals surface area contributed by atoms with Crippen LogP contribution >= 0.6 is 0 Å². The molecule has 2 aliphatic rings. The lowest BCUT2D eigenvalue weighted by Gasteiger charge is -2.26. The summed E-state index contributed by atoms with van der Waals surface area (Å²) in [6, 6.07) is 7.51. The fourth-order valence-electron chi connectivity index (χ4n) is 2.30. The molecule has 0 saturated heterocycles. The number of nitrogens with zero attached hydrogens (tertiary/aromatic N) is 1. The Bertz CT molecular complexity index is 523. The quantitative estimate of drug-likeness (QED) is 0.809. The van der Waals surface area contributed by atoms with E-state index < -0.39 is 10.0 Å². The Balaban J connectivity index is 2.09. The van der Waals surface area contributed by atoms with E-state index in [2.05, 4.69) is 5.32 Å². The summed E-state index contributed by atoms with van der Waals surface area (Å²) in [5, 5.41) is 3.29. The number of benzene rings is 1. The van der Waals surface area contributed by atoms with Crippen molar-refractivity contribution in [2.75, 3.05) is 13.1 Å². The third kappa shape index (κ3) is 1.99. The molecule has 1 heterocycles. The third-order valence-corrected chi connectivity index (χ3v) is 5.39. The van der Waals surface area contributed by atoms with Gasteiger partial charge in [-0.25, -0.2) is 8.42 Å². The van der Waals surface area contributed by atoms with Gasteiger partial charge in [0.1, 0.15) is 0 Å². The van der Waals surface area contributed by atoms with E-state index >= 15 is 0 Å². The molecule has 1 fully saturated rings. The SMILES string of the molecule is O=S1(=O)c2ccccc2CNCCN1C1CC1. The van der Waals surface area contributed by atoms with E-state index in [-0.39, 0.29) is 6.04 Å². The van der Waals surface area contributed by atoms with Crippen molar-refractivity contribution >= 4 is 10.0 Å². The molecule has 0 amide bonds. The van der Waals surface area contributed by atoms with Crippen LogP contribution in [0, 0.1) is 0 Å². The van der Waals surface area contributed by atoms with Crippen LogP contribution < -0.4 is 5.32 Å². The van der Waals surface area contributed by atoms with Gasteiger partial charge in [-0.05, 0) is 24.5 Å². The molecule has 1 aliphatic carbocycles. The van der Waals surface area contributed by atoms with Crippen molar-refractivity contribution in [2.45, 2.75) is 30.3 Å². The van der Waals surface area contributed by atoms with E-state index in [1.54, 1.807) is 16.4 Å². The monoisotopic (exact) mass is 252 g/mol. The average molecular weight is 252 g/mol. The van der Waals surface area contributed by atoms with E-state index in [0.717, 1.165) is 24.9 Å². The Morgan fingerprint density at radius 2 is 2.00 bits per heavy atom. The molecule has 3 rings (SSSR count). The average Bonchev–Trinajstić information content (AvgIpc) is 3.11. The highest BCUT2D eigenvalue weighted by Gasteiger charge is 2.38. The van der Waals surface area contributed by atoms with Gasteiger partial charge in [0.05, 0.1) is 4.90 Å². The van der Waals surface area contributed by atoms with Gasteiger partial charge in [-0.15, -0.1) is 0 Å². The number of nitrogens with one attached hydrogen (secondary N) is 1. The minimum absolute atomic E-state index is 0.230. The van der Waals surface area contributed by atoms with Crippen molar-refractivity contribution in [2.24, 2.45) is 0 Å². The molecule has 5 heteroatoms. The molecule has 1 aromatic rings. The van der Waals surface area contributed by atoms with Crippen molar-refractivity contribution in [1.82, 2.24) is 9.62 Å². The van der Waals surface area contributed by atoms with Crippen molar-refractivity contribution in [3.63, 3.8) is 0 Å². The van der Waals surface area contributed by atoms with Crippen LogP contribution in [-0.2, 0) is 16.6 Å². The maximum Gasteiger partial charge on any atom is 0.243 e. The molecule has 17 heavy (non-hydrogen) atoms. The molecule has 1 saturated carbocycles. The molecule has 0 bridgehead atoms. The van der Waals surface area contributed by atoms with Crippen LogP contribution in [0.2, 0.25) is 0 Å². The zero-order valence-electron chi connectivity index (χ0n) is 9.59. The van der Waals surface area contributed by atoms with E-state index in [4.69, 9.17) is 0 Å². The standard InChI is InChI=1S/C12H16N2O2S/c15-17(16)12-4-2-1-3-10(12)9-13-7-8-14(17)11-5-6-11/h1-4,11,13H,5-9H2. The summed E-state index contributed by atoms with van der Waals surface area (Å²) < 4.78 is 26.8. The van der Waals surface area contributed by atoms with Gasteiger partial charge in [0.25, 0.3) is 0 Å². The molecule has 0 radical (unpaired) electrons. The molecular formula is C12H16N2O2S. The van der Waals surface area contributed by atoms with Crippen LogP contribution in [-0.4, -0.2) is 31.9 Å². The Hall–Kier alpha value is -0.910. The van der Waals surface area contributed by atoms with E-state index in [0.29, 0.717) is 18.0 Å². The predicted molar refractivity (Wildman–Crippen MR) is 65.1 cm³/mol. The van der Waals surface area contributed by atoms with Crippen molar-refractivity contribution in [3.8, 4) is 0 Å². The lowest BCUT2D eigenvalue weighted by Crippen LogP contribution is -2.40. The second-order valence-corrected chi connectivity index (χ2v) is 6.49. The first-order valence-electron chi connectivity index (χ1n) is 6.00. The van der Waals surface area contributed by atoms with Gasteiger partial charge in [-0.1, -0.05) is 18.2 Å². The second-order valence-electron chi connectivity index (χ2n) is 4.63. The van der Waals surface area contributed by atoms with Crippen molar-refractivity contribution < 1.29 is 8.42 Å². The molecule has 0 aromatic heterocycles. The van der Waals surface area contributed by atoms with Gasteiger partial charge in [-0.3, -0.25) is 0 Å². The molecule has 4 nitrogen and oxygen atoms in total. The number of fused-ring (bicyclic) bond motifs is 1. The molecule has 0 unspecified atom stereocenters. The van der Waals surface area contributed by atoms with Crippen molar-refractivity contribution in [3.05, 3.63) is 29.8 Å². The van der Waals surface area contributed by atoms with Gasteiger partial charge in [0.2, 0.25) is 10.0 Å². The van der Waals surface area contributed by atoms with E-state index in [1.165, 1.54) is 0 Å². The minimum Gasteiger partial charge on any atom is -0.311 e. The first kappa shape index (κ1) is 11.2. The summed E-state index contributed by atoms with van der Waals surface area (Å²) in [6.45, 7) is 1.94. The molecule has 1 N–H and O–H groups in total. The van der Waals surface area contributed by atoms with Crippen LogP contribution in [0.3, 0.4) is 0 Å². The van der Waals surface area contributed by atoms with Crippen LogP contribution in [0.1, 0.15) is 18.4 Å². The molecule has 92 valence electrons. The second kappa shape index (κ2) is 4.08. The lowest BCUT2D eigenvalue weighted by molar-refractivity contribution is 0.390. The van der Waals surface area contributed by atoms with Gasteiger partial charge >= 0.3 is 0 Å². The summed E-state index contributed by atoms with van der Waals surface area (Å²) in [5.74, 6) is 0. The number of hydrogen-bond donors (Lipinski definition) is 1. The number of hydrogen-bond acceptors (Lipinski definition) is 3. The number of rotatable bonds is 1. The third-order valence-electron chi connectivity index (χ3n) is 3.34. The highest BCUT2D eigenvalue weighted by Crippen LogP contribution is 2.33. The largest absolute Gasteiger partial charge is 0.311 e. The van der Waals surface area contributed by atoms with Crippen LogP contribution in [0.15, 0.2) is 29.2 Å².